The van der Waals surface area contributed by atoms with Crippen molar-refractivity contribution in [1.29, 1.82) is 0 Å². The van der Waals surface area contributed by atoms with Gasteiger partial charge < -0.3 is 15.2 Å². The lowest BCUT2D eigenvalue weighted by Crippen LogP contribution is -2.18. The number of halogens is 1. The first-order valence-electron chi connectivity index (χ1n) is 6.68. The van der Waals surface area contributed by atoms with E-state index in [0.717, 1.165) is 27.8 Å². The summed E-state index contributed by atoms with van der Waals surface area (Å²) in [5.41, 5.74) is 8.02. The minimum Gasteiger partial charge on any atom is -0.493 e. The van der Waals surface area contributed by atoms with E-state index in [-0.39, 0.29) is 12.0 Å². The lowest BCUT2D eigenvalue weighted by Gasteiger charge is -2.16. The monoisotopic (exact) mass is 343 g/mol. The molecule has 0 aliphatic rings. The number of aryl methyl sites for hydroxylation is 1. The molecule has 0 aromatic heterocycles. The SMILES string of the molecule is COC(=O)CCCOc1c(C)cc(Br)cc1CC(C)N. The van der Waals surface area contributed by atoms with Crippen molar-refractivity contribution in [2.24, 2.45) is 5.73 Å². The number of carbonyl (C=O) groups is 1. The number of hydrogen-bond donors (Lipinski definition) is 1. The van der Waals surface area contributed by atoms with Gasteiger partial charge in [-0.1, -0.05) is 15.9 Å². The van der Waals surface area contributed by atoms with E-state index in [2.05, 4.69) is 20.7 Å². The number of nitrogens with two attached hydrogens (primary N) is 1. The summed E-state index contributed by atoms with van der Waals surface area (Å²) in [6.45, 7) is 4.46. The third-order valence-electron chi connectivity index (χ3n) is 2.86. The minimum atomic E-state index is -0.211. The van der Waals surface area contributed by atoms with Crippen LogP contribution in [0.25, 0.3) is 0 Å². The Morgan fingerprint density at radius 3 is 2.75 bits per heavy atom. The lowest BCUT2D eigenvalue weighted by atomic mass is 10.0. The van der Waals surface area contributed by atoms with Gasteiger partial charge in [0.2, 0.25) is 0 Å². The second-order valence-corrected chi connectivity index (χ2v) is 5.84. The van der Waals surface area contributed by atoms with Gasteiger partial charge >= 0.3 is 5.97 Å². The Balaban J connectivity index is 2.70. The molecule has 1 aromatic rings. The van der Waals surface area contributed by atoms with Crippen molar-refractivity contribution >= 4 is 21.9 Å². The van der Waals surface area contributed by atoms with Crippen LogP contribution >= 0.6 is 15.9 Å². The number of benzene rings is 1. The number of rotatable bonds is 7. The molecule has 0 amide bonds. The molecule has 112 valence electrons. The molecule has 20 heavy (non-hydrogen) atoms. The summed E-state index contributed by atoms with van der Waals surface area (Å²) in [5, 5.41) is 0. The first kappa shape index (κ1) is 17.0. The molecule has 1 atom stereocenters. The van der Waals surface area contributed by atoms with Gasteiger partial charge in [-0.25, -0.2) is 0 Å². The maximum Gasteiger partial charge on any atom is 0.305 e. The minimum absolute atomic E-state index is 0.0705. The van der Waals surface area contributed by atoms with Gasteiger partial charge in [0.15, 0.2) is 0 Å². The molecule has 4 nitrogen and oxygen atoms in total. The number of ether oxygens (including phenoxy) is 2. The highest BCUT2D eigenvalue weighted by molar-refractivity contribution is 9.10. The molecule has 1 aromatic carbocycles. The summed E-state index contributed by atoms with van der Waals surface area (Å²) in [5.74, 6) is 0.660. The second kappa shape index (κ2) is 8.27. The van der Waals surface area contributed by atoms with Crippen LogP contribution in [-0.2, 0) is 16.0 Å². The lowest BCUT2D eigenvalue weighted by molar-refractivity contribution is -0.140. The van der Waals surface area contributed by atoms with E-state index in [1.807, 2.05) is 26.0 Å². The molecule has 0 spiro atoms. The van der Waals surface area contributed by atoms with Crippen molar-refractivity contribution in [1.82, 2.24) is 0 Å². The van der Waals surface area contributed by atoms with Crippen LogP contribution < -0.4 is 10.5 Å². The normalized spacial score (nSPS) is 12.1. The molecule has 0 bridgehead atoms. The maximum atomic E-state index is 11.0. The fourth-order valence-corrected chi connectivity index (χ4v) is 2.62. The van der Waals surface area contributed by atoms with Crippen molar-refractivity contribution in [2.45, 2.75) is 39.2 Å². The van der Waals surface area contributed by atoms with E-state index in [1.54, 1.807) is 0 Å². The summed E-state index contributed by atoms with van der Waals surface area (Å²) in [6.07, 6.45) is 1.76. The Labute approximate surface area is 128 Å². The Kier molecular flexibility index (Phi) is 7.02. The molecule has 0 heterocycles. The standard InChI is InChI=1S/C15H22BrNO3/c1-10-7-13(16)9-12(8-11(2)17)15(10)20-6-4-5-14(18)19-3/h7,9,11H,4-6,8,17H2,1-3H3. The zero-order valence-corrected chi connectivity index (χ0v) is 13.8. The van der Waals surface area contributed by atoms with Gasteiger partial charge in [0.1, 0.15) is 5.75 Å². The van der Waals surface area contributed by atoms with Gasteiger partial charge in [-0.3, -0.25) is 4.79 Å². The number of esters is 1. The molecule has 0 radical (unpaired) electrons. The van der Waals surface area contributed by atoms with E-state index in [4.69, 9.17) is 10.5 Å². The highest BCUT2D eigenvalue weighted by Gasteiger charge is 2.11. The average Bonchev–Trinajstić information content (AvgIpc) is 2.35. The average molecular weight is 344 g/mol. The van der Waals surface area contributed by atoms with E-state index in [1.165, 1.54) is 7.11 Å². The van der Waals surface area contributed by atoms with Crippen molar-refractivity contribution in [2.75, 3.05) is 13.7 Å². The second-order valence-electron chi connectivity index (χ2n) is 4.92. The van der Waals surface area contributed by atoms with Gasteiger partial charge in [-0.2, -0.15) is 0 Å². The Hall–Kier alpha value is -1.07. The molecule has 0 aliphatic carbocycles. The molecule has 2 N–H and O–H groups in total. The van der Waals surface area contributed by atoms with Crippen LogP contribution in [0.2, 0.25) is 0 Å². The van der Waals surface area contributed by atoms with Gasteiger partial charge in [-0.05, 0) is 49.9 Å². The zero-order valence-electron chi connectivity index (χ0n) is 12.2. The molecule has 0 saturated carbocycles. The topological polar surface area (TPSA) is 61.5 Å². The van der Waals surface area contributed by atoms with E-state index in [0.29, 0.717) is 19.4 Å². The van der Waals surface area contributed by atoms with Crippen molar-refractivity contribution < 1.29 is 14.3 Å². The smallest absolute Gasteiger partial charge is 0.305 e. The number of hydrogen-bond acceptors (Lipinski definition) is 4. The highest BCUT2D eigenvalue weighted by Crippen LogP contribution is 2.29. The number of carbonyl (C=O) groups excluding carboxylic acids is 1. The van der Waals surface area contributed by atoms with Crippen LogP contribution in [0.4, 0.5) is 0 Å². The predicted octanol–water partition coefficient (Wildman–Crippen LogP) is 2.98. The van der Waals surface area contributed by atoms with Crippen LogP contribution in [-0.4, -0.2) is 25.7 Å². The Morgan fingerprint density at radius 2 is 2.15 bits per heavy atom. The van der Waals surface area contributed by atoms with E-state index >= 15 is 0 Å². The van der Waals surface area contributed by atoms with Gasteiger partial charge in [0.25, 0.3) is 0 Å². The third-order valence-corrected chi connectivity index (χ3v) is 3.32. The summed E-state index contributed by atoms with van der Waals surface area (Å²) < 4.78 is 11.5. The summed E-state index contributed by atoms with van der Waals surface area (Å²) in [4.78, 5) is 11.0. The summed E-state index contributed by atoms with van der Waals surface area (Å²) >= 11 is 3.49. The molecular formula is C15H22BrNO3. The molecule has 1 rings (SSSR count). The van der Waals surface area contributed by atoms with Crippen molar-refractivity contribution in [3.63, 3.8) is 0 Å². The summed E-state index contributed by atoms with van der Waals surface area (Å²) in [6, 6.07) is 4.12. The van der Waals surface area contributed by atoms with Crippen LogP contribution in [0, 0.1) is 6.92 Å². The fourth-order valence-electron chi connectivity index (χ4n) is 2.00. The Morgan fingerprint density at radius 1 is 1.45 bits per heavy atom. The van der Waals surface area contributed by atoms with Gasteiger partial charge in [-0.15, -0.1) is 0 Å². The Bertz CT molecular complexity index is 461. The molecule has 0 saturated heterocycles. The van der Waals surface area contributed by atoms with E-state index in [9.17, 15) is 4.79 Å². The quantitative estimate of drug-likeness (QED) is 0.610. The van der Waals surface area contributed by atoms with Gasteiger partial charge in [0.05, 0.1) is 13.7 Å². The summed E-state index contributed by atoms with van der Waals surface area (Å²) in [7, 11) is 1.39. The highest BCUT2D eigenvalue weighted by atomic mass is 79.9. The first-order chi connectivity index (χ1) is 9.43. The van der Waals surface area contributed by atoms with E-state index < -0.39 is 0 Å². The maximum absolute atomic E-state index is 11.0. The molecular weight excluding hydrogens is 322 g/mol. The largest absolute Gasteiger partial charge is 0.493 e. The molecule has 1 unspecified atom stereocenters. The van der Waals surface area contributed by atoms with Crippen LogP contribution in [0.1, 0.15) is 30.9 Å². The molecule has 0 fully saturated rings. The fraction of sp³-hybridized carbons (Fsp3) is 0.533. The van der Waals surface area contributed by atoms with Crippen LogP contribution in [0.15, 0.2) is 16.6 Å². The predicted molar refractivity (Wildman–Crippen MR) is 83.0 cm³/mol. The number of methoxy groups -OCH3 is 1. The third kappa shape index (κ3) is 5.51. The molecule has 5 heteroatoms. The van der Waals surface area contributed by atoms with Crippen LogP contribution in [0.3, 0.4) is 0 Å². The van der Waals surface area contributed by atoms with Crippen LogP contribution in [0.5, 0.6) is 5.75 Å². The first-order valence-corrected chi connectivity index (χ1v) is 7.47. The zero-order chi connectivity index (χ0) is 15.1. The van der Waals surface area contributed by atoms with Crippen molar-refractivity contribution in [3.8, 4) is 5.75 Å². The van der Waals surface area contributed by atoms with Crippen molar-refractivity contribution in [3.05, 3.63) is 27.7 Å². The molecule has 0 aliphatic heterocycles. The van der Waals surface area contributed by atoms with Gasteiger partial charge in [0, 0.05) is 16.9 Å².